The molecule has 0 bridgehead atoms. The SMILES string of the molecule is CCCCOCCCNC(=O)c1ccc(NC(=O)c2ccco2)cc1. The van der Waals surface area contributed by atoms with E-state index in [1.807, 2.05) is 0 Å². The maximum atomic E-state index is 12.0. The molecule has 6 heteroatoms. The summed E-state index contributed by atoms with van der Waals surface area (Å²) in [7, 11) is 0. The molecule has 0 saturated heterocycles. The average Bonchev–Trinajstić information content (AvgIpc) is 3.16. The van der Waals surface area contributed by atoms with Crippen LogP contribution < -0.4 is 10.6 Å². The number of furan rings is 1. The van der Waals surface area contributed by atoms with Gasteiger partial charge in [-0.25, -0.2) is 0 Å². The van der Waals surface area contributed by atoms with E-state index in [4.69, 9.17) is 9.15 Å². The van der Waals surface area contributed by atoms with Crippen molar-refractivity contribution in [2.24, 2.45) is 0 Å². The highest BCUT2D eigenvalue weighted by atomic mass is 16.5. The molecule has 0 fully saturated rings. The van der Waals surface area contributed by atoms with Crippen LogP contribution in [-0.2, 0) is 4.74 Å². The maximum Gasteiger partial charge on any atom is 0.291 e. The van der Waals surface area contributed by atoms with Gasteiger partial charge in [-0.1, -0.05) is 13.3 Å². The van der Waals surface area contributed by atoms with Gasteiger partial charge in [-0.3, -0.25) is 9.59 Å². The van der Waals surface area contributed by atoms with E-state index in [0.29, 0.717) is 24.4 Å². The quantitative estimate of drug-likeness (QED) is 0.647. The van der Waals surface area contributed by atoms with Gasteiger partial charge in [0.05, 0.1) is 6.26 Å². The van der Waals surface area contributed by atoms with Gasteiger partial charge in [-0.15, -0.1) is 0 Å². The van der Waals surface area contributed by atoms with E-state index in [1.54, 1.807) is 36.4 Å². The van der Waals surface area contributed by atoms with Crippen molar-refractivity contribution in [3.05, 3.63) is 54.0 Å². The number of amides is 2. The van der Waals surface area contributed by atoms with Crippen LogP contribution in [0.1, 0.15) is 47.1 Å². The van der Waals surface area contributed by atoms with Crippen LogP contribution in [0.5, 0.6) is 0 Å². The minimum atomic E-state index is -0.328. The Kier molecular flexibility index (Phi) is 7.72. The van der Waals surface area contributed by atoms with Crippen LogP contribution in [-0.4, -0.2) is 31.6 Å². The molecule has 1 aromatic carbocycles. The number of anilines is 1. The Morgan fingerprint density at radius 2 is 1.80 bits per heavy atom. The smallest absolute Gasteiger partial charge is 0.291 e. The molecule has 0 atom stereocenters. The number of hydrogen-bond donors (Lipinski definition) is 2. The van der Waals surface area contributed by atoms with Crippen molar-refractivity contribution in [2.45, 2.75) is 26.2 Å². The van der Waals surface area contributed by atoms with E-state index in [0.717, 1.165) is 25.9 Å². The number of ether oxygens (including phenoxy) is 1. The van der Waals surface area contributed by atoms with Crippen LogP contribution >= 0.6 is 0 Å². The average molecular weight is 344 g/mol. The topological polar surface area (TPSA) is 80.6 Å². The van der Waals surface area contributed by atoms with E-state index in [2.05, 4.69) is 17.6 Å². The zero-order valence-corrected chi connectivity index (χ0v) is 14.4. The predicted molar refractivity (Wildman–Crippen MR) is 95.8 cm³/mol. The summed E-state index contributed by atoms with van der Waals surface area (Å²) in [5.74, 6) is -0.231. The van der Waals surface area contributed by atoms with Crippen molar-refractivity contribution in [2.75, 3.05) is 25.1 Å². The highest BCUT2D eigenvalue weighted by Gasteiger charge is 2.09. The van der Waals surface area contributed by atoms with Crippen molar-refractivity contribution in [3.8, 4) is 0 Å². The third kappa shape index (κ3) is 6.43. The number of unbranched alkanes of at least 4 members (excludes halogenated alkanes) is 1. The lowest BCUT2D eigenvalue weighted by Gasteiger charge is -2.07. The van der Waals surface area contributed by atoms with Crippen LogP contribution in [0.4, 0.5) is 5.69 Å². The molecule has 0 aliphatic heterocycles. The normalized spacial score (nSPS) is 10.4. The molecule has 0 saturated carbocycles. The second kappa shape index (κ2) is 10.3. The second-order valence-corrected chi connectivity index (χ2v) is 5.58. The van der Waals surface area contributed by atoms with Gasteiger partial charge in [-0.2, -0.15) is 0 Å². The minimum Gasteiger partial charge on any atom is -0.459 e. The zero-order valence-electron chi connectivity index (χ0n) is 14.4. The lowest BCUT2D eigenvalue weighted by atomic mass is 10.2. The van der Waals surface area contributed by atoms with E-state index >= 15 is 0 Å². The third-order valence-electron chi connectivity index (χ3n) is 3.54. The van der Waals surface area contributed by atoms with Crippen LogP contribution in [0, 0.1) is 0 Å². The van der Waals surface area contributed by atoms with Gasteiger partial charge in [0.15, 0.2) is 5.76 Å². The fourth-order valence-electron chi connectivity index (χ4n) is 2.13. The summed E-state index contributed by atoms with van der Waals surface area (Å²) in [5.41, 5.74) is 1.14. The molecule has 1 heterocycles. The van der Waals surface area contributed by atoms with Gasteiger partial charge < -0.3 is 19.8 Å². The first-order valence-electron chi connectivity index (χ1n) is 8.51. The van der Waals surface area contributed by atoms with Crippen molar-refractivity contribution in [1.82, 2.24) is 5.32 Å². The fourth-order valence-corrected chi connectivity index (χ4v) is 2.13. The second-order valence-electron chi connectivity index (χ2n) is 5.58. The highest BCUT2D eigenvalue weighted by Crippen LogP contribution is 2.11. The number of benzene rings is 1. The van der Waals surface area contributed by atoms with E-state index in [9.17, 15) is 9.59 Å². The third-order valence-corrected chi connectivity index (χ3v) is 3.54. The molecule has 2 N–H and O–H groups in total. The molecular weight excluding hydrogens is 320 g/mol. The first-order valence-corrected chi connectivity index (χ1v) is 8.51. The van der Waals surface area contributed by atoms with Gasteiger partial charge in [0.1, 0.15) is 0 Å². The van der Waals surface area contributed by atoms with Gasteiger partial charge in [0.2, 0.25) is 0 Å². The molecule has 2 aromatic rings. The van der Waals surface area contributed by atoms with E-state index < -0.39 is 0 Å². The summed E-state index contributed by atoms with van der Waals surface area (Å²) in [6.07, 6.45) is 4.41. The van der Waals surface area contributed by atoms with Crippen molar-refractivity contribution < 1.29 is 18.7 Å². The largest absolute Gasteiger partial charge is 0.459 e. The summed E-state index contributed by atoms with van der Waals surface area (Å²) in [6.45, 7) is 4.12. The maximum absolute atomic E-state index is 12.0. The van der Waals surface area contributed by atoms with Crippen molar-refractivity contribution >= 4 is 17.5 Å². The molecule has 134 valence electrons. The van der Waals surface area contributed by atoms with Gasteiger partial charge in [0, 0.05) is 31.0 Å². The molecule has 1 aromatic heterocycles. The highest BCUT2D eigenvalue weighted by molar-refractivity contribution is 6.02. The monoisotopic (exact) mass is 344 g/mol. The molecule has 6 nitrogen and oxygen atoms in total. The van der Waals surface area contributed by atoms with Crippen LogP contribution in [0.2, 0.25) is 0 Å². The Labute approximate surface area is 147 Å². The van der Waals surface area contributed by atoms with Crippen molar-refractivity contribution in [1.29, 1.82) is 0 Å². The first kappa shape index (κ1) is 18.7. The summed E-state index contributed by atoms with van der Waals surface area (Å²) in [5, 5.41) is 5.56. The summed E-state index contributed by atoms with van der Waals surface area (Å²) >= 11 is 0. The first-order chi connectivity index (χ1) is 12.2. The molecule has 0 aliphatic rings. The number of carbonyl (C=O) groups is 2. The predicted octanol–water partition coefficient (Wildman–Crippen LogP) is 3.47. The van der Waals surface area contributed by atoms with Crippen LogP contribution in [0.15, 0.2) is 47.1 Å². The number of rotatable bonds is 10. The number of carbonyl (C=O) groups excluding carboxylic acids is 2. The fraction of sp³-hybridized carbons (Fsp3) is 0.368. The molecule has 25 heavy (non-hydrogen) atoms. The minimum absolute atomic E-state index is 0.141. The van der Waals surface area contributed by atoms with Gasteiger partial charge >= 0.3 is 0 Å². The summed E-state index contributed by atoms with van der Waals surface area (Å²) in [4.78, 5) is 23.9. The lowest BCUT2D eigenvalue weighted by Crippen LogP contribution is -2.25. The van der Waals surface area contributed by atoms with Gasteiger partial charge in [0.25, 0.3) is 11.8 Å². The van der Waals surface area contributed by atoms with Crippen LogP contribution in [0.25, 0.3) is 0 Å². The Morgan fingerprint density at radius 3 is 2.48 bits per heavy atom. The molecule has 0 aliphatic carbocycles. The molecule has 0 radical (unpaired) electrons. The lowest BCUT2D eigenvalue weighted by molar-refractivity contribution is 0.0939. The zero-order chi connectivity index (χ0) is 17.9. The van der Waals surface area contributed by atoms with E-state index in [-0.39, 0.29) is 17.6 Å². The number of hydrogen-bond acceptors (Lipinski definition) is 4. The molecule has 2 rings (SSSR count). The molecule has 0 spiro atoms. The Morgan fingerprint density at radius 1 is 1.04 bits per heavy atom. The Hall–Kier alpha value is -2.60. The molecule has 0 unspecified atom stereocenters. The molecular formula is C19H24N2O4. The standard InChI is InChI=1S/C19H24N2O4/c1-2-3-12-24-13-5-11-20-18(22)15-7-9-16(10-8-15)21-19(23)17-6-4-14-25-17/h4,6-10,14H,2-3,5,11-13H2,1H3,(H,20,22)(H,21,23). The molecule has 2 amide bonds. The van der Waals surface area contributed by atoms with Gasteiger partial charge in [-0.05, 0) is 49.2 Å². The van der Waals surface area contributed by atoms with Crippen molar-refractivity contribution in [3.63, 3.8) is 0 Å². The summed E-state index contributed by atoms with van der Waals surface area (Å²) < 4.78 is 10.5. The van der Waals surface area contributed by atoms with E-state index in [1.165, 1.54) is 6.26 Å². The number of nitrogens with one attached hydrogen (secondary N) is 2. The summed E-state index contributed by atoms with van der Waals surface area (Å²) in [6, 6.07) is 9.95. The Bertz CT molecular complexity index is 651. The Balaban J connectivity index is 1.71. The van der Waals surface area contributed by atoms with Crippen LogP contribution in [0.3, 0.4) is 0 Å².